The zero-order chi connectivity index (χ0) is 15.7. The molecule has 2 aliphatic rings. The summed E-state index contributed by atoms with van der Waals surface area (Å²) in [5.74, 6) is 0.648. The summed E-state index contributed by atoms with van der Waals surface area (Å²) < 4.78 is 0. The van der Waals surface area contributed by atoms with Crippen LogP contribution in [0.2, 0.25) is 0 Å². The number of carbonyl (C=O) groups is 2. The van der Waals surface area contributed by atoms with E-state index in [0.29, 0.717) is 24.3 Å². The number of aryl methyl sites for hydroxylation is 1. The molecule has 2 heterocycles. The summed E-state index contributed by atoms with van der Waals surface area (Å²) in [5, 5.41) is 2.85. The number of piperidine rings is 1. The molecule has 3 N–H and O–H groups in total. The summed E-state index contributed by atoms with van der Waals surface area (Å²) in [6, 6.07) is 5.78. The topological polar surface area (TPSA) is 75.4 Å². The number of rotatable bonds is 2. The molecule has 1 atom stereocenters. The first-order valence-corrected chi connectivity index (χ1v) is 8.02. The number of nitrogens with zero attached hydrogens (tertiary/aromatic N) is 1. The van der Waals surface area contributed by atoms with Crippen molar-refractivity contribution >= 4 is 29.9 Å². The second-order valence-corrected chi connectivity index (χ2v) is 6.41. The van der Waals surface area contributed by atoms with Crippen LogP contribution >= 0.6 is 12.4 Å². The summed E-state index contributed by atoms with van der Waals surface area (Å²) >= 11 is 0. The van der Waals surface area contributed by atoms with Crippen molar-refractivity contribution in [2.75, 3.05) is 18.4 Å². The van der Waals surface area contributed by atoms with Crippen molar-refractivity contribution in [1.29, 1.82) is 0 Å². The molecule has 0 radical (unpaired) electrons. The Labute approximate surface area is 143 Å². The maximum Gasteiger partial charge on any atom is 0.253 e. The lowest BCUT2D eigenvalue weighted by atomic mass is 9.90. The average Bonchev–Trinajstić information content (AvgIpc) is 2.53. The monoisotopic (exact) mass is 337 g/mol. The molecular formula is C17H24ClN3O2. The van der Waals surface area contributed by atoms with Crippen LogP contribution < -0.4 is 11.1 Å². The molecule has 23 heavy (non-hydrogen) atoms. The van der Waals surface area contributed by atoms with Gasteiger partial charge in [-0.3, -0.25) is 9.59 Å². The summed E-state index contributed by atoms with van der Waals surface area (Å²) in [6.07, 6.45) is 3.15. The Bertz CT molecular complexity index is 596. The largest absolute Gasteiger partial charge is 0.339 e. The van der Waals surface area contributed by atoms with Crippen LogP contribution in [0.4, 0.5) is 5.69 Å². The number of nitrogens with one attached hydrogen (secondary N) is 1. The molecule has 0 spiro atoms. The normalized spacial score (nSPS) is 19.4. The highest BCUT2D eigenvalue weighted by atomic mass is 35.5. The Hall–Kier alpha value is -1.59. The average molecular weight is 338 g/mol. The van der Waals surface area contributed by atoms with E-state index in [-0.39, 0.29) is 30.3 Å². The molecule has 1 saturated heterocycles. The van der Waals surface area contributed by atoms with Crippen LogP contribution in [0.25, 0.3) is 0 Å². The smallest absolute Gasteiger partial charge is 0.253 e. The molecule has 6 heteroatoms. The maximum atomic E-state index is 12.6. The summed E-state index contributed by atoms with van der Waals surface area (Å²) in [7, 11) is 0. The lowest BCUT2D eigenvalue weighted by Gasteiger charge is -2.34. The van der Waals surface area contributed by atoms with Gasteiger partial charge in [-0.15, -0.1) is 12.4 Å². The third-order valence-electron chi connectivity index (χ3n) is 4.82. The molecule has 0 bridgehead atoms. The summed E-state index contributed by atoms with van der Waals surface area (Å²) in [5.41, 5.74) is 8.55. The Balaban J connectivity index is 0.00000192. The minimum Gasteiger partial charge on any atom is -0.339 e. The van der Waals surface area contributed by atoms with Crippen LogP contribution in [0.5, 0.6) is 0 Å². The fourth-order valence-corrected chi connectivity index (χ4v) is 3.33. The predicted octanol–water partition coefficient (Wildman–Crippen LogP) is 2.19. The van der Waals surface area contributed by atoms with E-state index in [0.717, 1.165) is 37.2 Å². The second-order valence-electron chi connectivity index (χ2n) is 6.41. The second kappa shape index (κ2) is 7.32. The fraction of sp³-hybridized carbons (Fsp3) is 0.529. The number of hydrogen-bond acceptors (Lipinski definition) is 3. The third-order valence-corrected chi connectivity index (χ3v) is 4.82. The van der Waals surface area contributed by atoms with Crippen LogP contribution in [0, 0.1) is 5.92 Å². The highest BCUT2D eigenvalue weighted by molar-refractivity contribution is 5.98. The van der Waals surface area contributed by atoms with Gasteiger partial charge in [0.05, 0.1) is 0 Å². The van der Waals surface area contributed by atoms with Crippen molar-refractivity contribution in [2.45, 2.75) is 38.6 Å². The standard InChI is InChI=1S/C17H23N3O2.ClH/c1-11(18)12-6-8-20(9-7-12)17(22)14-2-4-15-13(10-14)3-5-16(21)19-15;/h2,4,10-12H,3,5-9,18H2,1H3,(H,19,21);1H. The molecule has 2 amide bonds. The van der Waals surface area contributed by atoms with Crippen molar-refractivity contribution < 1.29 is 9.59 Å². The molecule has 0 saturated carbocycles. The van der Waals surface area contributed by atoms with Gasteiger partial charge < -0.3 is 16.0 Å². The van der Waals surface area contributed by atoms with Gasteiger partial charge in [-0.05, 0) is 55.9 Å². The molecular weight excluding hydrogens is 314 g/mol. The molecule has 126 valence electrons. The van der Waals surface area contributed by atoms with E-state index in [9.17, 15) is 9.59 Å². The van der Waals surface area contributed by atoms with Crippen molar-refractivity contribution in [3.8, 4) is 0 Å². The first-order chi connectivity index (χ1) is 10.5. The number of benzene rings is 1. The lowest BCUT2D eigenvalue weighted by Crippen LogP contribution is -2.42. The van der Waals surface area contributed by atoms with Gasteiger partial charge in [0.2, 0.25) is 5.91 Å². The highest BCUT2D eigenvalue weighted by Gasteiger charge is 2.26. The van der Waals surface area contributed by atoms with E-state index in [1.807, 2.05) is 30.0 Å². The van der Waals surface area contributed by atoms with Gasteiger partial charge in [0, 0.05) is 36.8 Å². The van der Waals surface area contributed by atoms with Gasteiger partial charge in [0.25, 0.3) is 5.91 Å². The lowest BCUT2D eigenvalue weighted by molar-refractivity contribution is -0.116. The van der Waals surface area contributed by atoms with Crippen molar-refractivity contribution in [1.82, 2.24) is 4.90 Å². The number of fused-ring (bicyclic) bond motifs is 1. The van der Waals surface area contributed by atoms with Crippen molar-refractivity contribution in [3.05, 3.63) is 29.3 Å². The summed E-state index contributed by atoms with van der Waals surface area (Å²) in [6.45, 7) is 3.59. The van der Waals surface area contributed by atoms with Crippen LogP contribution in [0.3, 0.4) is 0 Å². The van der Waals surface area contributed by atoms with Gasteiger partial charge in [-0.25, -0.2) is 0 Å². The van der Waals surface area contributed by atoms with Crippen molar-refractivity contribution in [2.24, 2.45) is 11.7 Å². The summed E-state index contributed by atoms with van der Waals surface area (Å²) in [4.78, 5) is 25.9. The molecule has 0 aromatic heterocycles. The minimum absolute atomic E-state index is 0. The molecule has 5 nitrogen and oxygen atoms in total. The number of amides is 2. The number of anilines is 1. The number of nitrogens with two attached hydrogens (primary N) is 1. The molecule has 3 rings (SSSR count). The van der Waals surface area contributed by atoms with Crippen LogP contribution in [0.1, 0.15) is 42.1 Å². The molecule has 0 aliphatic carbocycles. The van der Waals surface area contributed by atoms with Crippen molar-refractivity contribution in [3.63, 3.8) is 0 Å². The van der Waals surface area contributed by atoms with E-state index in [1.54, 1.807) is 0 Å². The first-order valence-electron chi connectivity index (χ1n) is 8.02. The number of likely N-dealkylation sites (tertiary alicyclic amines) is 1. The first kappa shape index (κ1) is 17.8. The highest BCUT2D eigenvalue weighted by Crippen LogP contribution is 2.26. The van der Waals surface area contributed by atoms with E-state index in [1.165, 1.54) is 0 Å². The van der Waals surface area contributed by atoms with Crippen LogP contribution in [-0.4, -0.2) is 35.8 Å². The molecule has 2 aliphatic heterocycles. The zero-order valence-electron chi connectivity index (χ0n) is 13.4. The van der Waals surface area contributed by atoms with E-state index in [2.05, 4.69) is 5.32 Å². The molecule has 1 unspecified atom stereocenters. The molecule has 1 fully saturated rings. The Morgan fingerprint density at radius 3 is 2.65 bits per heavy atom. The minimum atomic E-state index is 0. The number of hydrogen-bond donors (Lipinski definition) is 2. The third kappa shape index (κ3) is 3.85. The SMILES string of the molecule is CC(N)C1CCN(C(=O)c2ccc3c(c2)CCC(=O)N3)CC1.Cl. The van der Waals surface area contributed by atoms with E-state index in [4.69, 9.17) is 5.73 Å². The van der Waals surface area contributed by atoms with Gasteiger partial charge in [-0.2, -0.15) is 0 Å². The van der Waals surface area contributed by atoms with Gasteiger partial charge in [0.15, 0.2) is 0 Å². The van der Waals surface area contributed by atoms with E-state index >= 15 is 0 Å². The number of carbonyl (C=O) groups excluding carboxylic acids is 2. The molecule has 1 aromatic carbocycles. The quantitative estimate of drug-likeness (QED) is 0.868. The zero-order valence-corrected chi connectivity index (χ0v) is 14.2. The van der Waals surface area contributed by atoms with E-state index < -0.39 is 0 Å². The van der Waals surface area contributed by atoms with Crippen LogP contribution in [0.15, 0.2) is 18.2 Å². The van der Waals surface area contributed by atoms with Crippen LogP contribution in [-0.2, 0) is 11.2 Å². The van der Waals surface area contributed by atoms with Gasteiger partial charge >= 0.3 is 0 Å². The maximum absolute atomic E-state index is 12.6. The Morgan fingerprint density at radius 2 is 2.00 bits per heavy atom. The Kier molecular flexibility index (Phi) is 5.65. The number of halogens is 1. The van der Waals surface area contributed by atoms with Gasteiger partial charge in [0.1, 0.15) is 0 Å². The fourth-order valence-electron chi connectivity index (χ4n) is 3.33. The Morgan fingerprint density at radius 1 is 1.30 bits per heavy atom. The predicted molar refractivity (Wildman–Crippen MR) is 92.9 cm³/mol. The van der Waals surface area contributed by atoms with Gasteiger partial charge in [-0.1, -0.05) is 0 Å². The molecule has 1 aromatic rings.